The average Bonchev–Trinajstić information content (AvgIpc) is 2.36. The Morgan fingerprint density at radius 3 is 2.30 bits per heavy atom. The second-order valence-corrected chi connectivity index (χ2v) is 3.80. The Labute approximate surface area is 113 Å². The summed E-state index contributed by atoms with van der Waals surface area (Å²) in [5, 5.41) is 19.2. The molecule has 7 nitrogen and oxygen atoms in total. The van der Waals surface area contributed by atoms with Crippen molar-refractivity contribution in [2.24, 2.45) is 0 Å². The number of carboxylic acid groups (broad SMARTS) is 2. The normalized spacial score (nSPS) is 11.4. The van der Waals surface area contributed by atoms with Crippen LogP contribution in [0.25, 0.3) is 0 Å². The van der Waals surface area contributed by atoms with Gasteiger partial charge in [0.05, 0.1) is 6.42 Å². The molecule has 0 saturated carbocycles. The third-order valence-electron chi connectivity index (χ3n) is 2.20. The van der Waals surface area contributed by atoms with Gasteiger partial charge in [-0.2, -0.15) is 0 Å². The van der Waals surface area contributed by atoms with Crippen molar-refractivity contribution < 1.29 is 33.7 Å². The van der Waals surface area contributed by atoms with Crippen LogP contribution < -0.4 is 10.1 Å². The summed E-state index contributed by atoms with van der Waals surface area (Å²) >= 11 is 0. The number of carbonyl (C=O) groups excluding carboxylic acids is 1. The van der Waals surface area contributed by atoms with Crippen LogP contribution in [0.15, 0.2) is 24.3 Å². The monoisotopic (exact) mass is 285 g/mol. The highest BCUT2D eigenvalue weighted by Crippen LogP contribution is 2.10. The fourth-order valence-corrected chi connectivity index (χ4v) is 1.29. The van der Waals surface area contributed by atoms with Crippen molar-refractivity contribution >= 4 is 17.8 Å². The summed E-state index contributed by atoms with van der Waals surface area (Å²) in [7, 11) is 0. The number of halogens is 1. The zero-order valence-corrected chi connectivity index (χ0v) is 10.2. The number of carbonyl (C=O) groups is 3. The predicted octanol–water partition coefficient (Wildman–Crippen LogP) is 0.249. The first-order valence-corrected chi connectivity index (χ1v) is 5.51. The number of carboxylic acids is 2. The Morgan fingerprint density at radius 1 is 1.20 bits per heavy atom. The van der Waals surface area contributed by atoms with Crippen LogP contribution in [0, 0.1) is 5.82 Å². The van der Waals surface area contributed by atoms with Gasteiger partial charge in [0.25, 0.3) is 5.91 Å². The van der Waals surface area contributed by atoms with Gasteiger partial charge in [-0.15, -0.1) is 0 Å². The van der Waals surface area contributed by atoms with Crippen molar-refractivity contribution in [3.63, 3.8) is 0 Å². The van der Waals surface area contributed by atoms with Crippen LogP contribution in [-0.2, 0) is 14.4 Å². The molecule has 1 amide bonds. The van der Waals surface area contributed by atoms with Gasteiger partial charge in [0.2, 0.25) is 0 Å². The third-order valence-corrected chi connectivity index (χ3v) is 2.20. The van der Waals surface area contributed by atoms with Crippen molar-refractivity contribution in [1.82, 2.24) is 5.32 Å². The van der Waals surface area contributed by atoms with E-state index in [1.54, 1.807) is 0 Å². The lowest BCUT2D eigenvalue weighted by atomic mass is 10.2. The van der Waals surface area contributed by atoms with Crippen LogP contribution in [0.3, 0.4) is 0 Å². The number of nitrogens with one attached hydrogen (secondary N) is 1. The van der Waals surface area contributed by atoms with E-state index in [0.717, 1.165) is 12.1 Å². The predicted molar refractivity (Wildman–Crippen MR) is 63.7 cm³/mol. The Morgan fingerprint density at radius 2 is 1.80 bits per heavy atom. The van der Waals surface area contributed by atoms with E-state index < -0.39 is 42.7 Å². The van der Waals surface area contributed by atoms with E-state index in [2.05, 4.69) is 0 Å². The number of hydrogen-bond donors (Lipinski definition) is 3. The van der Waals surface area contributed by atoms with Gasteiger partial charge in [0.1, 0.15) is 17.6 Å². The molecule has 20 heavy (non-hydrogen) atoms. The Hall–Kier alpha value is -2.64. The lowest BCUT2D eigenvalue weighted by molar-refractivity contribution is -0.147. The zero-order chi connectivity index (χ0) is 15.1. The maximum absolute atomic E-state index is 12.6. The van der Waals surface area contributed by atoms with Gasteiger partial charge < -0.3 is 20.3 Å². The molecule has 3 N–H and O–H groups in total. The molecule has 0 unspecified atom stereocenters. The molecule has 0 aromatic heterocycles. The van der Waals surface area contributed by atoms with Crippen molar-refractivity contribution in [2.45, 2.75) is 12.5 Å². The molecule has 0 aliphatic carbocycles. The first-order chi connectivity index (χ1) is 9.38. The van der Waals surface area contributed by atoms with Gasteiger partial charge in [-0.05, 0) is 24.3 Å². The van der Waals surface area contributed by atoms with Crippen LogP contribution >= 0.6 is 0 Å². The summed E-state index contributed by atoms with van der Waals surface area (Å²) in [5.74, 6) is -3.83. The lowest BCUT2D eigenvalue weighted by Gasteiger charge is -2.12. The molecule has 0 heterocycles. The van der Waals surface area contributed by atoms with E-state index in [9.17, 15) is 18.8 Å². The van der Waals surface area contributed by atoms with Crippen LogP contribution in [0.4, 0.5) is 4.39 Å². The number of rotatable bonds is 7. The molecular weight excluding hydrogens is 273 g/mol. The van der Waals surface area contributed by atoms with E-state index in [1.165, 1.54) is 12.1 Å². The number of hydrogen-bond acceptors (Lipinski definition) is 4. The highest BCUT2D eigenvalue weighted by molar-refractivity contribution is 5.87. The third kappa shape index (κ3) is 5.34. The fraction of sp³-hybridized carbons (Fsp3) is 0.250. The smallest absolute Gasteiger partial charge is 0.326 e. The second-order valence-electron chi connectivity index (χ2n) is 3.80. The summed E-state index contributed by atoms with van der Waals surface area (Å²) in [6.45, 7) is -0.505. The minimum atomic E-state index is -1.53. The van der Waals surface area contributed by atoms with Crippen molar-refractivity contribution in [1.29, 1.82) is 0 Å². The van der Waals surface area contributed by atoms with Crippen molar-refractivity contribution in [2.75, 3.05) is 6.61 Å². The van der Waals surface area contributed by atoms with E-state index in [0.29, 0.717) is 0 Å². The molecule has 0 spiro atoms. The van der Waals surface area contributed by atoms with Crippen LogP contribution in [0.2, 0.25) is 0 Å². The number of benzene rings is 1. The molecule has 108 valence electrons. The van der Waals surface area contributed by atoms with Crippen LogP contribution in [-0.4, -0.2) is 40.7 Å². The maximum atomic E-state index is 12.6. The second kappa shape index (κ2) is 7.07. The fourth-order valence-electron chi connectivity index (χ4n) is 1.29. The van der Waals surface area contributed by atoms with Gasteiger partial charge in [-0.25, -0.2) is 9.18 Å². The van der Waals surface area contributed by atoms with Crippen molar-refractivity contribution in [3.05, 3.63) is 30.1 Å². The number of amides is 1. The minimum absolute atomic E-state index is 0.228. The summed E-state index contributed by atoms with van der Waals surface area (Å²) in [5.41, 5.74) is 0. The molecule has 0 aliphatic rings. The van der Waals surface area contributed by atoms with E-state index in [4.69, 9.17) is 14.9 Å². The number of aliphatic carboxylic acids is 2. The first kappa shape index (κ1) is 15.4. The van der Waals surface area contributed by atoms with Gasteiger partial charge in [-0.3, -0.25) is 9.59 Å². The molecule has 0 aliphatic heterocycles. The van der Waals surface area contributed by atoms with Crippen LogP contribution in [0.1, 0.15) is 6.42 Å². The van der Waals surface area contributed by atoms with Crippen LogP contribution in [0.5, 0.6) is 5.75 Å². The minimum Gasteiger partial charge on any atom is -0.484 e. The molecule has 0 bridgehead atoms. The summed E-state index contributed by atoms with van der Waals surface area (Å²) < 4.78 is 17.6. The van der Waals surface area contributed by atoms with E-state index >= 15 is 0 Å². The zero-order valence-electron chi connectivity index (χ0n) is 10.2. The summed E-state index contributed by atoms with van der Waals surface area (Å²) in [6, 6.07) is 3.34. The van der Waals surface area contributed by atoms with Gasteiger partial charge in [0, 0.05) is 0 Å². The molecular formula is C12H12FNO6. The molecule has 1 rings (SSSR count). The SMILES string of the molecule is O=C(O)C[C@@H](NC(=O)COc1ccc(F)cc1)C(=O)O. The van der Waals surface area contributed by atoms with Gasteiger partial charge in [-0.1, -0.05) is 0 Å². The highest BCUT2D eigenvalue weighted by atomic mass is 19.1. The molecule has 0 fully saturated rings. The molecule has 0 saturated heterocycles. The molecule has 8 heteroatoms. The van der Waals surface area contributed by atoms with Crippen molar-refractivity contribution in [3.8, 4) is 5.75 Å². The molecule has 1 aromatic rings. The molecule has 1 aromatic carbocycles. The molecule has 1 atom stereocenters. The highest BCUT2D eigenvalue weighted by Gasteiger charge is 2.23. The Kier molecular flexibility index (Phi) is 5.45. The summed E-state index contributed by atoms with van der Waals surface area (Å²) in [4.78, 5) is 32.6. The average molecular weight is 285 g/mol. The lowest BCUT2D eigenvalue weighted by Crippen LogP contribution is -2.44. The maximum Gasteiger partial charge on any atom is 0.326 e. The van der Waals surface area contributed by atoms with Gasteiger partial charge >= 0.3 is 11.9 Å². The number of ether oxygens (including phenoxy) is 1. The van der Waals surface area contributed by atoms with Gasteiger partial charge in [0.15, 0.2) is 6.61 Å². The van der Waals surface area contributed by atoms with E-state index in [1.807, 2.05) is 5.32 Å². The Balaban J connectivity index is 2.47. The standard InChI is InChI=1S/C12H12FNO6/c13-7-1-3-8(4-2-7)20-6-10(15)14-9(12(18)19)5-11(16)17/h1-4,9H,5-6H2,(H,14,15)(H,16,17)(H,18,19)/t9-/m1/s1. The Bertz CT molecular complexity index is 501. The molecule has 0 radical (unpaired) electrons. The largest absolute Gasteiger partial charge is 0.484 e. The summed E-state index contributed by atoms with van der Waals surface area (Å²) in [6.07, 6.45) is -0.738. The quantitative estimate of drug-likeness (QED) is 0.662. The first-order valence-electron chi connectivity index (χ1n) is 5.51. The topological polar surface area (TPSA) is 113 Å². The van der Waals surface area contributed by atoms with E-state index in [-0.39, 0.29) is 5.75 Å².